The molecule has 1 aromatic carbocycles. The van der Waals surface area contributed by atoms with Crippen molar-refractivity contribution < 1.29 is 0 Å². The third-order valence-corrected chi connectivity index (χ3v) is 7.29. The highest BCUT2D eigenvalue weighted by molar-refractivity contribution is 14.0. The molecule has 0 radical (unpaired) electrons. The van der Waals surface area contributed by atoms with Crippen molar-refractivity contribution in [3.8, 4) is 0 Å². The van der Waals surface area contributed by atoms with E-state index >= 15 is 0 Å². The molecule has 1 aliphatic rings. The standard InChI is InChI=1S/C25H39N5S.HI/c1-5-30(6-2)19-21-11-7-10-20(16-21)17-27-25(26-3)28-18-22-12-8-14-29(4)24(22)23-13-9-15-31-23;/h7,9-11,13,15-16,22,24H,5-6,8,12,14,17-19H2,1-4H3,(H2,26,27,28);1H. The quantitative estimate of drug-likeness (QED) is 0.255. The fourth-order valence-corrected chi connectivity index (χ4v) is 5.54. The van der Waals surface area contributed by atoms with Crippen molar-refractivity contribution in [1.29, 1.82) is 0 Å². The Hall–Kier alpha value is -1.16. The first-order chi connectivity index (χ1) is 15.1. The summed E-state index contributed by atoms with van der Waals surface area (Å²) in [7, 11) is 4.12. The van der Waals surface area contributed by atoms with E-state index in [-0.39, 0.29) is 24.0 Å². The van der Waals surface area contributed by atoms with E-state index in [0.717, 1.165) is 38.7 Å². The topological polar surface area (TPSA) is 42.9 Å². The maximum absolute atomic E-state index is 4.47. The fraction of sp³-hybridized carbons (Fsp3) is 0.560. The first-order valence-corrected chi connectivity index (χ1v) is 12.5. The highest BCUT2D eigenvalue weighted by Gasteiger charge is 2.31. The second-order valence-corrected chi connectivity index (χ2v) is 9.41. The molecule has 2 heterocycles. The third-order valence-electron chi connectivity index (χ3n) is 6.35. The van der Waals surface area contributed by atoms with Crippen molar-refractivity contribution in [2.75, 3.05) is 40.3 Å². The van der Waals surface area contributed by atoms with Gasteiger partial charge in [-0.1, -0.05) is 44.2 Å². The molecule has 0 bridgehead atoms. The minimum absolute atomic E-state index is 0. The SMILES string of the molecule is CCN(CC)Cc1cccc(CNC(=NC)NCC2CCCN(C)C2c2cccs2)c1.I. The molecule has 2 aromatic rings. The predicted octanol–water partition coefficient (Wildman–Crippen LogP) is 4.96. The molecule has 0 amide bonds. The van der Waals surface area contributed by atoms with Gasteiger partial charge in [0.15, 0.2) is 5.96 Å². The molecule has 2 N–H and O–H groups in total. The number of halogens is 1. The van der Waals surface area contributed by atoms with Crippen molar-refractivity contribution in [3.63, 3.8) is 0 Å². The van der Waals surface area contributed by atoms with Gasteiger partial charge in [0.25, 0.3) is 0 Å². The van der Waals surface area contributed by atoms with Crippen molar-refractivity contribution in [3.05, 3.63) is 57.8 Å². The van der Waals surface area contributed by atoms with Crippen LogP contribution < -0.4 is 10.6 Å². The summed E-state index contributed by atoms with van der Waals surface area (Å²) < 4.78 is 0. The lowest BCUT2D eigenvalue weighted by Gasteiger charge is -2.39. The Morgan fingerprint density at radius 2 is 1.94 bits per heavy atom. The summed E-state index contributed by atoms with van der Waals surface area (Å²) in [5.41, 5.74) is 2.66. The molecular formula is C25H40IN5S. The highest BCUT2D eigenvalue weighted by Crippen LogP contribution is 2.36. The number of benzene rings is 1. The van der Waals surface area contributed by atoms with Gasteiger partial charge in [0.2, 0.25) is 0 Å². The molecule has 1 saturated heterocycles. The van der Waals surface area contributed by atoms with Crippen LogP contribution in [0, 0.1) is 5.92 Å². The molecule has 32 heavy (non-hydrogen) atoms. The van der Waals surface area contributed by atoms with Gasteiger partial charge in [-0.05, 0) is 68.0 Å². The van der Waals surface area contributed by atoms with Crippen LogP contribution in [-0.4, -0.2) is 56.0 Å². The van der Waals surface area contributed by atoms with Crippen LogP contribution in [0.15, 0.2) is 46.8 Å². The largest absolute Gasteiger partial charge is 0.356 e. The van der Waals surface area contributed by atoms with E-state index in [9.17, 15) is 0 Å². The zero-order chi connectivity index (χ0) is 22.1. The number of rotatable bonds is 9. The number of hydrogen-bond donors (Lipinski definition) is 2. The number of hydrogen-bond acceptors (Lipinski definition) is 4. The number of guanidine groups is 1. The number of nitrogens with one attached hydrogen (secondary N) is 2. The lowest BCUT2D eigenvalue weighted by atomic mass is 9.88. The Kier molecular flexibility index (Phi) is 12.0. The Morgan fingerprint density at radius 1 is 1.16 bits per heavy atom. The molecule has 0 saturated carbocycles. The molecule has 7 heteroatoms. The normalized spacial score (nSPS) is 19.6. The highest BCUT2D eigenvalue weighted by atomic mass is 127. The molecule has 3 rings (SSSR count). The van der Waals surface area contributed by atoms with Crippen LogP contribution in [0.25, 0.3) is 0 Å². The van der Waals surface area contributed by atoms with Gasteiger partial charge in [-0.15, -0.1) is 35.3 Å². The fourth-order valence-electron chi connectivity index (χ4n) is 4.56. The molecule has 2 unspecified atom stereocenters. The summed E-state index contributed by atoms with van der Waals surface area (Å²) in [6.07, 6.45) is 2.51. The number of piperidine rings is 1. The summed E-state index contributed by atoms with van der Waals surface area (Å²) in [6, 6.07) is 13.8. The van der Waals surface area contributed by atoms with Crippen LogP contribution in [0.2, 0.25) is 0 Å². The zero-order valence-corrected chi connectivity index (χ0v) is 23.2. The first kappa shape index (κ1) is 27.1. The molecular weight excluding hydrogens is 529 g/mol. The average molecular weight is 570 g/mol. The maximum Gasteiger partial charge on any atom is 0.191 e. The number of thiophene rings is 1. The second kappa shape index (κ2) is 14.2. The van der Waals surface area contributed by atoms with Crippen molar-refractivity contribution in [2.24, 2.45) is 10.9 Å². The van der Waals surface area contributed by atoms with Gasteiger partial charge >= 0.3 is 0 Å². The van der Waals surface area contributed by atoms with Gasteiger partial charge in [-0.2, -0.15) is 0 Å². The molecule has 178 valence electrons. The lowest BCUT2D eigenvalue weighted by Crippen LogP contribution is -2.44. The smallest absolute Gasteiger partial charge is 0.191 e. The molecule has 0 spiro atoms. The molecule has 5 nitrogen and oxygen atoms in total. The Bertz CT molecular complexity index is 806. The monoisotopic (exact) mass is 569 g/mol. The molecule has 1 fully saturated rings. The number of likely N-dealkylation sites (tertiary alicyclic amines) is 1. The Balaban J connectivity index is 0.00000363. The predicted molar refractivity (Wildman–Crippen MR) is 149 cm³/mol. The van der Waals surface area contributed by atoms with Crippen LogP contribution in [0.3, 0.4) is 0 Å². The van der Waals surface area contributed by atoms with Crippen LogP contribution >= 0.6 is 35.3 Å². The van der Waals surface area contributed by atoms with E-state index in [2.05, 4.69) is 88.1 Å². The van der Waals surface area contributed by atoms with E-state index in [1.54, 1.807) is 0 Å². The zero-order valence-electron chi connectivity index (χ0n) is 20.0. The van der Waals surface area contributed by atoms with E-state index in [1.165, 1.54) is 35.4 Å². The lowest BCUT2D eigenvalue weighted by molar-refractivity contribution is 0.125. The van der Waals surface area contributed by atoms with Crippen molar-refractivity contribution in [2.45, 2.75) is 45.8 Å². The van der Waals surface area contributed by atoms with Gasteiger partial charge in [0.05, 0.1) is 0 Å². The molecule has 1 aromatic heterocycles. The van der Waals surface area contributed by atoms with Gasteiger partial charge in [0, 0.05) is 37.6 Å². The minimum atomic E-state index is 0. The second-order valence-electron chi connectivity index (χ2n) is 8.43. The number of nitrogens with zero attached hydrogens (tertiary/aromatic N) is 3. The third kappa shape index (κ3) is 7.71. The van der Waals surface area contributed by atoms with E-state index < -0.39 is 0 Å². The van der Waals surface area contributed by atoms with E-state index in [0.29, 0.717) is 12.0 Å². The summed E-state index contributed by atoms with van der Waals surface area (Å²) in [6.45, 7) is 10.5. The summed E-state index contributed by atoms with van der Waals surface area (Å²) >= 11 is 1.87. The summed E-state index contributed by atoms with van der Waals surface area (Å²) in [4.78, 5) is 10.9. The van der Waals surface area contributed by atoms with Gasteiger partial charge in [0.1, 0.15) is 0 Å². The van der Waals surface area contributed by atoms with Gasteiger partial charge in [-0.25, -0.2) is 0 Å². The van der Waals surface area contributed by atoms with Crippen LogP contribution in [0.1, 0.15) is 48.7 Å². The average Bonchev–Trinajstić information content (AvgIpc) is 3.32. The van der Waals surface area contributed by atoms with Crippen LogP contribution in [0.4, 0.5) is 0 Å². The maximum atomic E-state index is 4.47. The van der Waals surface area contributed by atoms with Crippen LogP contribution in [0.5, 0.6) is 0 Å². The first-order valence-electron chi connectivity index (χ1n) is 11.6. The van der Waals surface area contributed by atoms with Crippen LogP contribution in [-0.2, 0) is 13.1 Å². The minimum Gasteiger partial charge on any atom is -0.356 e. The summed E-state index contributed by atoms with van der Waals surface area (Å²) in [5, 5.41) is 9.30. The number of aliphatic imine (C=N–C) groups is 1. The molecule has 1 aliphatic heterocycles. The Morgan fingerprint density at radius 3 is 2.62 bits per heavy atom. The Labute approximate surface area is 215 Å². The van der Waals surface area contributed by atoms with Gasteiger partial charge in [-0.3, -0.25) is 14.8 Å². The van der Waals surface area contributed by atoms with Crippen molar-refractivity contribution in [1.82, 2.24) is 20.4 Å². The van der Waals surface area contributed by atoms with E-state index in [4.69, 9.17) is 0 Å². The van der Waals surface area contributed by atoms with E-state index in [1.807, 2.05) is 18.4 Å². The molecule has 2 atom stereocenters. The van der Waals surface area contributed by atoms with Gasteiger partial charge < -0.3 is 10.6 Å². The summed E-state index contributed by atoms with van der Waals surface area (Å²) in [5.74, 6) is 1.47. The molecule has 0 aliphatic carbocycles. The van der Waals surface area contributed by atoms with Crippen molar-refractivity contribution >= 4 is 41.3 Å².